The third kappa shape index (κ3) is 2.35. The number of anilines is 2. The lowest BCUT2D eigenvalue weighted by atomic mass is 10.1. The van der Waals surface area contributed by atoms with Crippen LogP contribution in [0.3, 0.4) is 0 Å². The highest BCUT2D eigenvalue weighted by molar-refractivity contribution is 5.93. The van der Waals surface area contributed by atoms with E-state index in [1.54, 1.807) is 0 Å². The highest BCUT2D eigenvalue weighted by Gasteiger charge is 2.24. The first-order chi connectivity index (χ1) is 7.58. The highest BCUT2D eigenvalue weighted by Crippen LogP contribution is 2.33. The van der Waals surface area contributed by atoms with Crippen LogP contribution in [0.2, 0.25) is 0 Å². The van der Waals surface area contributed by atoms with E-state index < -0.39 is 0 Å². The highest BCUT2D eigenvalue weighted by atomic mass is 16.1. The fourth-order valence-corrected chi connectivity index (χ4v) is 1.83. The zero-order chi connectivity index (χ0) is 11.7. The van der Waals surface area contributed by atoms with Crippen LogP contribution < -0.4 is 11.1 Å². The van der Waals surface area contributed by atoms with Crippen LogP contribution in [0.5, 0.6) is 0 Å². The van der Waals surface area contributed by atoms with Gasteiger partial charge in [-0.2, -0.15) is 0 Å². The van der Waals surface area contributed by atoms with Crippen LogP contribution in [0.1, 0.15) is 30.4 Å². The summed E-state index contributed by atoms with van der Waals surface area (Å²) in [4.78, 5) is 11.7. The third-order valence-electron chi connectivity index (χ3n) is 3.15. The van der Waals surface area contributed by atoms with Crippen LogP contribution in [0, 0.1) is 19.8 Å². The van der Waals surface area contributed by atoms with E-state index >= 15 is 0 Å². The summed E-state index contributed by atoms with van der Waals surface area (Å²) in [7, 11) is 0. The second-order valence-corrected chi connectivity index (χ2v) is 4.67. The van der Waals surface area contributed by atoms with Gasteiger partial charge in [0.15, 0.2) is 0 Å². The second-order valence-electron chi connectivity index (χ2n) is 4.67. The molecule has 0 aromatic heterocycles. The van der Waals surface area contributed by atoms with Crippen LogP contribution in [0.4, 0.5) is 11.4 Å². The van der Waals surface area contributed by atoms with Gasteiger partial charge in [-0.25, -0.2) is 0 Å². The maximum absolute atomic E-state index is 11.7. The number of amides is 1. The number of hydrogen-bond donors (Lipinski definition) is 2. The van der Waals surface area contributed by atoms with Crippen molar-refractivity contribution in [3.05, 3.63) is 23.3 Å². The molecule has 0 radical (unpaired) electrons. The van der Waals surface area contributed by atoms with Crippen molar-refractivity contribution in [3.63, 3.8) is 0 Å². The number of nitrogens with two attached hydrogens (primary N) is 1. The SMILES string of the molecule is Cc1ccc(N)c(C)c1NC(=O)CC1CC1. The number of nitrogen functional groups attached to an aromatic ring is 1. The molecule has 1 aliphatic carbocycles. The molecule has 1 aromatic carbocycles. The third-order valence-corrected chi connectivity index (χ3v) is 3.15. The lowest BCUT2D eigenvalue weighted by Crippen LogP contribution is -2.14. The fraction of sp³-hybridized carbons (Fsp3) is 0.462. The van der Waals surface area contributed by atoms with Crippen molar-refractivity contribution in [2.24, 2.45) is 5.92 Å². The Bertz CT molecular complexity index is 422. The molecule has 86 valence electrons. The molecule has 0 heterocycles. The molecule has 0 atom stereocenters. The number of benzene rings is 1. The normalized spacial score (nSPS) is 14.9. The zero-order valence-electron chi connectivity index (χ0n) is 9.84. The molecule has 0 spiro atoms. The van der Waals surface area contributed by atoms with Gasteiger partial charge in [-0.1, -0.05) is 6.07 Å². The number of carbonyl (C=O) groups excluding carboxylic acids is 1. The fourth-order valence-electron chi connectivity index (χ4n) is 1.83. The van der Waals surface area contributed by atoms with Crippen molar-refractivity contribution >= 4 is 17.3 Å². The molecule has 1 saturated carbocycles. The maximum atomic E-state index is 11.7. The Morgan fingerprint density at radius 3 is 2.75 bits per heavy atom. The Hall–Kier alpha value is -1.51. The molecular formula is C13H18N2O. The summed E-state index contributed by atoms with van der Waals surface area (Å²) in [5, 5.41) is 2.97. The number of rotatable bonds is 3. The van der Waals surface area contributed by atoms with Gasteiger partial charge in [-0.15, -0.1) is 0 Å². The van der Waals surface area contributed by atoms with E-state index in [0.29, 0.717) is 12.3 Å². The first-order valence-electron chi connectivity index (χ1n) is 5.73. The van der Waals surface area contributed by atoms with E-state index in [4.69, 9.17) is 5.73 Å². The summed E-state index contributed by atoms with van der Waals surface area (Å²) in [5.41, 5.74) is 9.46. The molecule has 0 saturated heterocycles. The molecule has 1 aromatic rings. The average molecular weight is 218 g/mol. The molecule has 1 aliphatic rings. The number of aryl methyl sites for hydroxylation is 1. The molecule has 3 heteroatoms. The van der Waals surface area contributed by atoms with Crippen molar-refractivity contribution in [3.8, 4) is 0 Å². The summed E-state index contributed by atoms with van der Waals surface area (Å²) in [6, 6.07) is 3.82. The minimum absolute atomic E-state index is 0.110. The van der Waals surface area contributed by atoms with Crippen LogP contribution in [0.15, 0.2) is 12.1 Å². The van der Waals surface area contributed by atoms with Crippen molar-refractivity contribution in [2.75, 3.05) is 11.1 Å². The van der Waals surface area contributed by atoms with Gasteiger partial charge in [0, 0.05) is 17.8 Å². The molecule has 3 nitrogen and oxygen atoms in total. The van der Waals surface area contributed by atoms with E-state index in [9.17, 15) is 4.79 Å². The lowest BCUT2D eigenvalue weighted by molar-refractivity contribution is -0.116. The summed E-state index contributed by atoms with van der Waals surface area (Å²) in [6.45, 7) is 3.92. The molecule has 0 bridgehead atoms. The Kier molecular flexibility index (Phi) is 2.86. The van der Waals surface area contributed by atoms with E-state index in [-0.39, 0.29) is 5.91 Å². The monoisotopic (exact) mass is 218 g/mol. The first-order valence-corrected chi connectivity index (χ1v) is 5.73. The Morgan fingerprint density at radius 2 is 2.12 bits per heavy atom. The van der Waals surface area contributed by atoms with E-state index in [1.165, 1.54) is 12.8 Å². The van der Waals surface area contributed by atoms with Gasteiger partial charge in [0.25, 0.3) is 0 Å². The summed E-state index contributed by atoms with van der Waals surface area (Å²) < 4.78 is 0. The molecule has 1 fully saturated rings. The van der Waals surface area contributed by atoms with Crippen molar-refractivity contribution in [1.29, 1.82) is 0 Å². The van der Waals surface area contributed by atoms with Crippen LogP contribution in [-0.4, -0.2) is 5.91 Å². The zero-order valence-corrected chi connectivity index (χ0v) is 9.84. The van der Waals surface area contributed by atoms with Gasteiger partial charge in [0.2, 0.25) is 5.91 Å². The van der Waals surface area contributed by atoms with Crippen LogP contribution >= 0.6 is 0 Å². The molecule has 0 aliphatic heterocycles. The minimum Gasteiger partial charge on any atom is -0.398 e. The van der Waals surface area contributed by atoms with Gasteiger partial charge in [-0.05, 0) is 49.8 Å². The van der Waals surface area contributed by atoms with Gasteiger partial charge in [-0.3, -0.25) is 4.79 Å². The summed E-state index contributed by atoms with van der Waals surface area (Å²) in [5.74, 6) is 0.723. The summed E-state index contributed by atoms with van der Waals surface area (Å²) >= 11 is 0. The maximum Gasteiger partial charge on any atom is 0.224 e. The van der Waals surface area contributed by atoms with E-state index in [1.807, 2.05) is 26.0 Å². The molecular weight excluding hydrogens is 200 g/mol. The smallest absolute Gasteiger partial charge is 0.224 e. The van der Waals surface area contributed by atoms with Crippen molar-refractivity contribution in [1.82, 2.24) is 0 Å². The molecule has 3 N–H and O–H groups in total. The predicted molar refractivity (Wildman–Crippen MR) is 66.3 cm³/mol. The standard InChI is InChI=1S/C13H18N2O/c1-8-3-6-11(14)9(2)13(8)15-12(16)7-10-4-5-10/h3,6,10H,4-5,7,14H2,1-2H3,(H,15,16). The van der Waals surface area contributed by atoms with Gasteiger partial charge in [0.1, 0.15) is 0 Å². The predicted octanol–water partition coefficient (Wildman–Crippen LogP) is 2.62. The Morgan fingerprint density at radius 1 is 1.44 bits per heavy atom. The lowest BCUT2D eigenvalue weighted by Gasteiger charge is -2.13. The van der Waals surface area contributed by atoms with Crippen molar-refractivity contribution < 1.29 is 4.79 Å². The van der Waals surface area contributed by atoms with Crippen LogP contribution in [0.25, 0.3) is 0 Å². The topological polar surface area (TPSA) is 55.1 Å². The summed E-state index contributed by atoms with van der Waals surface area (Å²) in [6.07, 6.45) is 3.04. The molecule has 16 heavy (non-hydrogen) atoms. The van der Waals surface area contributed by atoms with Gasteiger partial charge >= 0.3 is 0 Å². The minimum atomic E-state index is 0.110. The van der Waals surface area contributed by atoms with E-state index in [2.05, 4.69) is 5.32 Å². The molecule has 1 amide bonds. The van der Waals surface area contributed by atoms with Crippen molar-refractivity contribution in [2.45, 2.75) is 33.1 Å². The average Bonchev–Trinajstić information content (AvgIpc) is 3.02. The number of hydrogen-bond acceptors (Lipinski definition) is 2. The van der Waals surface area contributed by atoms with Gasteiger partial charge in [0.05, 0.1) is 0 Å². The van der Waals surface area contributed by atoms with E-state index in [0.717, 1.165) is 22.5 Å². The second kappa shape index (κ2) is 4.16. The number of nitrogens with one attached hydrogen (secondary N) is 1. The Labute approximate surface area is 96.0 Å². The van der Waals surface area contributed by atoms with Crippen LogP contribution in [-0.2, 0) is 4.79 Å². The molecule has 0 unspecified atom stereocenters. The number of carbonyl (C=O) groups is 1. The molecule has 2 rings (SSSR count). The largest absolute Gasteiger partial charge is 0.398 e. The Balaban J connectivity index is 2.12. The quantitative estimate of drug-likeness (QED) is 0.766. The van der Waals surface area contributed by atoms with Gasteiger partial charge < -0.3 is 11.1 Å². The first kappa shape index (κ1) is 11.0.